The third-order valence-electron chi connectivity index (χ3n) is 6.10. The molecule has 0 spiro atoms. The molecule has 0 aliphatic heterocycles. The lowest BCUT2D eigenvalue weighted by molar-refractivity contribution is -0.167. The van der Waals surface area contributed by atoms with Gasteiger partial charge in [0.25, 0.3) is 0 Å². The first kappa shape index (κ1) is 12.6. The van der Waals surface area contributed by atoms with Crippen LogP contribution in [0.15, 0.2) is 12.4 Å². The molecule has 0 amide bonds. The molecule has 1 aromatic rings. The molecule has 2 atom stereocenters. The van der Waals surface area contributed by atoms with Gasteiger partial charge in [-0.15, -0.1) is 0 Å². The van der Waals surface area contributed by atoms with Gasteiger partial charge in [-0.1, -0.05) is 13.8 Å². The Morgan fingerprint density at radius 3 is 2.50 bits per heavy atom. The third kappa shape index (κ3) is 1.78. The van der Waals surface area contributed by atoms with Crippen LogP contribution >= 0.6 is 0 Å². The number of nitrogens with zero attached hydrogens (tertiary/aromatic N) is 1. The molecule has 3 heteroatoms. The van der Waals surface area contributed by atoms with E-state index in [0.29, 0.717) is 23.0 Å². The maximum absolute atomic E-state index is 13.0. The highest BCUT2D eigenvalue weighted by Gasteiger charge is 2.62. The van der Waals surface area contributed by atoms with Crippen molar-refractivity contribution in [3.63, 3.8) is 0 Å². The molecule has 0 radical (unpaired) electrons. The minimum Gasteiger partial charge on any atom is -0.348 e. The van der Waals surface area contributed by atoms with Crippen molar-refractivity contribution in [3.8, 4) is 0 Å². The number of aromatic amines is 1. The van der Waals surface area contributed by atoms with E-state index in [0.717, 1.165) is 31.0 Å². The Balaban J connectivity index is 1.65. The molecule has 108 valence electrons. The Kier molecular flexibility index (Phi) is 2.36. The SMILES string of the molecule is CC12CC3CC(C)(C1)CC(C(=O)Cc1ncc[nH]1)(C3)C2. The highest BCUT2D eigenvalue weighted by molar-refractivity contribution is 5.87. The number of Topliss-reactive ketones (excluding diaryl/α,β-unsaturated/α-hetero) is 1. The van der Waals surface area contributed by atoms with E-state index in [1.54, 1.807) is 6.20 Å². The molecule has 4 bridgehead atoms. The van der Waals surface area contributed by atoms with Gasteiger partial charge in [-0.2, -0.15) is 0 Å². The molecule has 3 nitrogen and oxygen atoms in total. The molecule has 0 saturated heterocycles. The fourth-order valence-electron chi connectivity index (χ4n) is 6.49. The topological polar surface area (TPSA) is 45.8 Å². The molecular formula is C17H24N2O. The summed E-state index contributed by atoms with van der Waals surface area (Å²) in [5, 5.41) is 0. The summed E-state index contributed by atoms with van der Waals surface area (Å²) in [5.41, 5.74) is 0.774. The zero-order chi connectivity index (χ0) is 14.0. The number of rotatable bonds is 3. The van der Waals surface area contributed by atoms with Crippen LogP contribution in [0.25, 0.3) is 0 Å². The molecule has 1 aromatic heterocycles. The molecule has 4 saturated carbocycles. The molecule has 20 heavy (non-hydrogen) atoms. The molecule has 0 aromatic carbocycles. The number of H-pyrrole nitrogens is 1. The van der Waals surface area contributed by atoms with E-state index in [9.17, 15) is 4.79 Å². The number of ketones is 1. The largest absolute Gasteiger partial charge is 0.348 e. The number of hydrogen-bond acceptors (Lipinski definition) is 2. The second-order valence-electron chi connectivity index (χ2n) is 8.55. The van der Waals surface area contributed by atoms with E-state index < -0.39 is 0 Å². The minimum absolute atomic E-state index is 0.0459. The van der Waals surface area contributed by atoms with Crippen molar-refractivity contribution in [2.24, 2.45) is 22.2 Å². The standard InChI is InChI=1S/C17H24N2O/c1-15-6-12-7-16(2,9-15)11-17(8-12,10-15)13(20)5-14-18-3-4-19-14/h3-4,12H,5-11H2,1-2H3,(H,18,19). The van der Waals surface area contributed by atoms with Crippen LogP contribution in [0, 0.1) is 22.2 Å². The quantitative estimate of drug-likeness (QED) is 0.915. The minimum atomic E-state index is -0.0459. The molecular weight excluding hydrogens is 248 g/mol. The summed E-state index contributed by atoms with van der Waals surface area (Å²) in [6, 6.07) is 0. The van der Waals surface area contributed by atoms with Gasteiger partial charge in [-0.05, 0) is 55.3 Å². The van der Waals surface area contributed by atoms with E-state index in [1.807, 2.05) is 6.20 Å². The summed E-state index contributed by atoms with van der Waals surface area (Å²) in [7, 11) is 0. The number of carbonyl (C=O) groups excluding carboxylic acids is 1. The highest BCUT2D eigenvalue weighted by Crippen LogP contribution is 2.69. The van der Waals surface area contributed by atoms with E-state index in [2.05, 4.69) is 23.8 Å². The number of nitrogens with one attached hydrogen (secondary N) is 1. The van der Waals surface area contributed by atoms with Crippen LogP contribution in [-0.2, 0) is 11.2 Å². The predicted octanol–water partition coefficient (Wildman–Crippen LogP) is 3.52. The highest BCUT2D eigenvalue weighted by atomic mass is 16.1. The van der Waals surface area contributed by atoms with Crippen molar-refractivity contribution >= 4 is 5.78 Å². The van der Waals surface area contributed by atoms with Gasteiger partial charge in [0, 0.05) is 17.8 Å². The van der Waals surface area contributed by atoms with Crippen LogP contribution in [0.4, 0.5) is 0 Å². The monoisotopic (exact) mass is 272 g/mol. The summed E-state index contributed by atoms with van der Waals surface area (Å²) < 4.78 is 0. The normalized spacial score (nSPS) is 45.8. The van der Waals surface area contributed by atoms with Crippen molar-refractivity contribution in [1.29, 1.82) is 0 Å². The lowest BCUT2D eigenvalue weighted by atomic mass is 9.39. The Morgan fingerprint density at radius 2 is 1.95 bits per heavy atom. The van der Waals surface area contributed by atoms with Crippen LogP contribution in [0.2, 0.25) is 0 Å². The zero-order valence-electron chi connectivity index (χ0n) is 12.5. The number of aromatic nitrogens is 2. The lowest BCUT2D eigenvalue weighted by Gasteiger charge is -2.64. The van der Waals surface area contributed by atoms with Crippen molar-refractivity contribution in [2.75, 3.05) is 0 Å². The van der Waals surface area contributed by atoms with Crippen LogP contribution in [-0.4, -0.2) is 15.8 Å². The Labute approximate surface area is 120 Å². The first-order valence-electron chi connectivity index (χ1n) is 7.92. The summed E-state index contributed by atoms with van der Waals surface area (Å²) in [6.07, 6.45) is 11.4. The smallest absolute Gasteiger partial charge is 0.146 e. The van der Waals surface area contributed by atoms with Crippen molar-refractivity contribution in [2.45, 2.75) is 58.8 Å². The van der Waals surface area contributed by atoms with Gasteiger partial charge in [0.15, 0.2) is 0 Å². The van der Waals surface area contributed by atoms with Crippen LogP contribution < -0.4 is 0 Å². The molecule has 4 fully saturated rings. The van der Waals surface area contributed by atoms with Crippen LogP contribution in [0.1, 0.15) is 58.2 Å². The summed E-state index contributed by atoms with van der Waals surface area (Å²) in [6.45, 7) is 4.84. The van der Waals surface area contributed by atoms with Crippen molar-refractivity contribution in [3.05, 3.63) is 18.2 Å². The van der Waals surface area contributed by atoms with Crippen molar-refractivity contribution in [1.82, 2.24) is 9.97 Å². The average molecular weight is 272 g/mol. The fourth-order valence-corrected chi connectivity index (χ4v) is 6.49. The summed E-state index contributed by atoms with van der Waals surface area (Å²) >= 11 is 0. The van der Waals surface area contributed by atoms with Gasteiger partial charge < -0.3 is 4.98 Å². The summed E-state index contributed by atoms with van der Waals surface area (Å²) in [4.78, 5) is 20.3. The predicted molar refractivity (Wildman–Crippen MR) is 77.1 cm³/mol. The van der Waals surface area contributed by atoms with E-state index in [-0.39, 0.29) is 5.41 Å². The second-order valence-corrected chi connectivity index (χ2v) is 8.55. The molecule has 4 aliphatic carbocycles. The van der Waals surface area contributed by atoms with Gasteiger partial charge in [0.05, 0.1) is 6.42 Å². The van der Waals surface area contributed by atoms with E-state index in [1.165, 1.54) is 19.3 Å². The van der Waals surface area contributed by atoms with Gasteiger partial charge >= 0.3 is 0 Å². The van der Waals surface area contributed by atoms with Gasteiger partial charge in [-0.25, -0.2) is 4.98 Å². The third-order valence-corrected chi connectivity index (χ3v) is 6.10. The van der Waals surface area contributed by atoms with E-state index >= 15 is 0 Å². The van der Waals surface area contributed by atoms with Crippen LogP contribution in [0.3, 0.4) is 0 Å². The number of imidazole rings is 1. The molecule has 2 unspecified atom stereocenters. The lowest BCUT2D eigenvalue weighted by Crippen LogP contribution is -2.57. The molecule has 1 heterocycles. The van der Waals surface area contributed by atoms with Gasteiger partial charge in [0.1, 0.15) is 11.6 Å². The zero-order valence-corrected chi connectivity index (χ0v) is 12.5. The maximum Gasteiger partial charge on any atom is 0.146 e. The Morgan fingerprint density at radius 1 is 1.25 bits per heavy atom. The Bertz CT molecular complexity index is 529. The first-order valence-corrected chi connectivity index (χ1v) is 7.92. The number of hydrogen-bond donors (Lipinski definition) is 1. The fraction of sp³-hybridized carbons (Fsp3) is 0.765. The number of carbonyl (C=O) groups is 1. The van der Waals surface area contributed by atoms with Crippen LogP contribution in [0.5, 0.6) is 0 Å². The average Bonchev–Trinajstić information content (AvgIpc) is 2.76. The van der Waals surface area contributed by atoms with E-state index in [4.69, 9.17) is 0 Å². The molecule has 5 rings (SSSR count). The molecule has 4 aliphatic rings. The van der Waals surface area contributed by atoms with Crippen molar-refractivity contribution < 1.29 is 4.79 Å². The van der Waals surface area contributed by atoms with Gasteiger partial charge in [0.2, 0.25) is 0 Å². The first-order chi connectivity index (χ1) is 9.41. The molecule has 1 N–H and O–H groups in total. The maximum atomic E-state index is 13.0. The summed E-state index contributed by atoms with van der Waals surface area (Å²) in [5.74, 6) is 2.05. The Hall–Kier alpha value is -1.12. The second kappa shape index (κ2) is 3.75. The van der Waals surface area contributed by atoms with Gasteiger partial charge in [-0.3, -0.25) is 4.79 Å².